The van der Waals surface area contributed by atoms with Crippen LogP contribution in [0.2, 0.25) is 0 Å². The molecular weight excluding hydrogens is 255 g/mol. The Morgan fingerprint density at radius 1 is 1.20 bits per heavy atom. The van der Waals surface area contributed by atoms with Gasteiger partial charge in [-0.15, -0.1) is 0 Å². The van der Waals surface area contributed by atoms with Crippen LogP contribution >= 0.6 is 0 Å². The van der Waals surface area contributed by atoms with E-state index >= 15 is 0 Å². The molecule has 0 saturated heterocycles. The number of rotatable bonds is 5. The maximum Gasteiger partial charge on any atom is 0.125 e. The van der Waals surface area contributed by atoms with Crippen molar-refractivity contribution in [1.82, 2.24) is 0 Å². The second-order valence-electron chi connectivity index (χ2n) is 4.82. The van der Waals surface area contributed by atoms with Crippen molar-refractivity contribution in [2.24, 2.45) is 0 Å². The molecule has 2 aromatic carbocycles. The van der Waals surface area contributed by atoms with E-state index in [9.17, 15) is 9.50 Å². The quantitative estimate of drug-likeness (QED) is 0.887. The van der Waals surface area contributed by atoms with Crippen LogP contribution in [0.15, 0.2) is 42.5 Å². The molecule has 0 aliphatic heterocycles. The maximum atomic E-state index is 13.1. The van der Waals surface area contributed by atoms with Crippen molar-refractivity contribution in [3.63, 3.8) is 0 Å². The molecule has 0 spiro atoms. The summed E-state index contributed by atoms with van der Waals surface area (Å²) in [5.41, 5.74) is 2.58. The van der Waals surface area contributed by atoms with Gasteiger partial charge in [0, 0.05) is 5.56 Å². The minimum Gasteiger partial charge on any atom is -0.489 e. The second kappa shape index (κ2) is 6.53. The van der Waals surface area contributed by atoms with E-state index in [4.69, 9.17) is 4.74 Å². The number of benzene rings is 2. The summed E-state index contributed by atoms with van der Waals surface area (Å²) in [7, 11) is 0. The van der Waals surface area contributed by atoms with E-state index in [2.05, 4.69) is 0 Å². The molecule has 1 unspecified atom stereocenters. The Balaban J connectivity index is 2.15. The van der Waals surface area contributed by atoms with Gasteiger partial charge in [0.05, 0.1) is 6.10 Å². The standard InChI is InChI=1S/C17H19FO2/c1-3-16(19)15-6-4-5-7-17(15)20-11-13-8-9-14(18)10-12(13)2/h4-10,16,19H,3,11H2,1-2H3. The summed E-state index contributed by atoms with van der Waals surface area (Å²) in [5, 5.41) is 9.97. The zero-order chi connectivity index (χ0) is 14.5. The largest absolute Gasteiger partial charge is 0.489 e. The molecular formula is C17H19FO2. The number of halogens is 1. The lowest BCUT2D eigenvalue weighted by Crippen LogP contribution is -2.03. The van der Waals surface area contributed by atoms with Gasteiger partial charge in [-0.25, -0.2) is 4.39 Å². The summed E-state index contributed by atoms with van der Waals surface area (Å²) in [6.07, 6.45) is 0.108. The highest BCUT2D eigenvalue weighted by Gasteiger charge is 2.11. The Kier molecular flexibility index (Phi) is 4.74. The van der Waals surface area contributed by atoms with Crippen LogP contribution in [0.4, 0.5) is 4.39 Å². The van der Waals surface area contributed by atoms with Crippen molar-refractivity contribution in [2.45, 2.75) is 33.0 Å². The highest BCUT2D eigenvalue weighted by molar-refractivity contribution is 5.35. The van der Waals surface area contributed by atoms with Crippen LogP contribution in [-0.4, -0.2) is 5.11 Å². The number of aliphatic hydroxyl groups excluding tert-OH is 1. The Labute approximate surface area is 118 Å². The van der Waals surface area contributed by atoms with E-state index in [0.29, 0.717) is 18.8 Å². The fourth-order valence-electron chi connectivity index (χ4n) is 2.08. The maximum absolute atomic E-state index is 13.1. The summed E-state index contributed by atoms with van der Waals surface area (Å²) in [4.78, 5) is 0. The first-order valence-electron chi connectivity index (χ1n) is 6.76. The molecule has 20 heavy (non-hydrogen) atoms. The topological polar surface area (TPSA) is 29.5 Å². The Morgan fingerprint density at radius 3 is 2.65 bits per heavy atom. The lowest BCUT2D eigenvalue weighted by Gasteiger charge is -2.15. The predicted octanol–water partition coefficient (Wildman–Crippen LogP) is 4.16. The summed E-state index contributed by atoms with van der Waals surface area (Å²) in [6.45, 7) is 4.14. The number of hydrogen-bond acceptors (Lipinski definition) is 2. The smallest absolute Gasteiger partial charge is 0.125 e. The highest BCUT2D eigenvalue weighted by atomic mass is 19.1. The van der Waals surface area contributed by atoms with Gasteiger partial charge in [0.25, 0.3) is 0 Å². The average molecular weight is 274 g/mol. The monoisotopic (exact) mass is 274 g/mol. The molecule has 106 valence electrons. The summed E-state index contributed by atoms with van der Waals surface area (Å²) in [5.74, 6) is 0.429. The molecule has 2 nitrogen and oxygen atoms in total. The van der Waals surface area contributed by atoms with Gasteiger partial charge in [0.15, 0.2) is 0 Å². The van der Waals surface area contributed by atoms with Crippen molar-refractivity contribution in [1.29, 1.82) is 0 Å². The summed E-state index contributed by atoms with van der Waals surface area (Å²) < 4.78 is 18.8. The molecule has 0 bridgehead atoms. The average Bonchev–Trinajstić information content (AvgIpc) is 2.46. The third-order valence-corrected chi connectivity index (χ3v) is 3.35. The molecule has 0 saturated carbocycles. The molecule has 1 atom stereocenters. The van der Waals surface area contributed by atoms with E-state index in [0.717, 1.165) is 16.7 Å². The number of ether oxygens (including phenoxy) is 1. The zero-order valence-corrected chi connectivity index (χ0v) is 11.8. The molecule has 0 fully saturated rings. The van der Waals surface area contributed by atoms with Crippen molar-refractivity contribution in [2.75, 3.05) is 0 Å². The lowest BCUT2D eigenvalue weighted by molar-refractivity contribution is 0.166. The van der Waals surface area contributed by atoms with E-state index in [1.807, 2.05) is 38.1 Å². The number of aliphatic hydroxyl groups is 1. The predicted molar refractivity (Wildman–Crippen MR) is 77.2 cm³/mol. The van der Waals surface area contributed by atoms with Crippen LogP contribution < -0.4 is 4.74 Å². The summed E-state index contributed by atoms with van der Waals surface area (Å²) in [6, 6.07) is 12.1. The van der Waals surface area contributed by atoms with Gasteiger partial charge in [-0.1, -0.05) is 31.2 Å². The van der Waals surface area contributed by atoms with Crippen molar-refractivity contribution >= 4 is 0 Å². The molecule has 0 amide bonds. The normalized spacial score (nSPS) is 12.2. The summed E-state index contributed by atoms with van der Waals surface area (Å²) >= 11 is 0. The Morgan fingerprint density at radius 2 is 1.95 bits per heavy atom. The Bertz CT molecular complexity index is 581. The second-order valence-corrected chi connectivity index (χ2v) is 4.82. The van der Waals surface area contributed by atoms with Crippen molar-refractivity contribution in [3.8, 4) is 5.75 Å². The first-order valence-corrected chi connectivity index (χ1v) is 6.76. The van der Waals surface area contributed by atoms with Crippen LogP contribution in [0.1, 0.15) is 36.1 Å². The first kappa shape index (κ1) is 14.5. The molecule has 2 rings (SSSR count). The fourth-order valence-corrected chi connectivity index (χ4v) is 2.08. The number of aryl methyl sites for hydroxylation is 1. The molecule has 0 radical (unpaired) electrons. The van der Waals surface area contributed by atoms with E-state index in [1.165, 1.54) is 12.1 Å². The van der Waals surface area contributed by atoms with Crippen molar-refractivity contribution in [3.05, 3.63) is 65.0 Å². The molecule has 1 N–H and O–H groups in total. The van der Waals surface area contributed by atoms with Gasteiger partial charge < -0.3 is 9.84 Å². The van der Waals surface area contributed by atoms with Crippen LogP contribution in [-0.2, 0) is 6.61 Å². The third-order valence-electron chi connectivity index (χ3n) is 3.35. The van der Waals surface area contributed by atoms with Crippen LogP contribution in [0.5, 0.6) is 5.75 Å². The van der Waals surface area contributed by atoms with Gasteiger partial charge >= 0.3 is 0 Å². The molecule has 0 aliphatic rings. The van der Waals surface area contributed by atoms with Gasteiger partial charge in [-0.2, -0.15) is 0 Å². The molecule has 3 heteroatoms. The van der Waals surface area contributed by atoms with Gasteiger partial charge in [0.1, 0.15) is 18.2 Å². The number of hydrogen-bond donors (Lipinski definition) is 1. The van der Waals surface area contributed by atoms with E-state index in [-0.39, 0.29) is 5.82 Å². The lowest BCUT2D eigenvalue weighted by atomic mass is 10.1. The van der Waals surface area contributed by atoms with E-state index in [1.54, 1.807) is 6.07 Å². The van der Waals surface area contributed by atoms with Gasteiger partial charge in [-0.05, 0) is 42.7 Å². The van der Waals surface area contributed by atoms with Crippen LogP contribution in [0, 0.1) is 12.7 Å². The van der Waals surface area contributed by atoms with E-state index < -0.39 is 6.10 Å². The molecule has 0 aromatic heterocycles. The van der Waals surface area contributed by atoms with Gasteiger partial charge in [-0.3, -0.25) is 0 Å². The third kappa shape index (κ3) is 3.36. The number of para-hydroxylation sites is 1. The van der Waals surface area contributed by atoms with Crippen LogP contribution in [0.3, 0.4) is 0 Å². The fraction of sp³-hybridized carbons (Fsp3) is 0.294. The highest BCUT2D eigenvalue weighted by Crippen LogP contribution is 2.27. The Hall–Kier alpha value is -1.87. The minimum atomic E-state index is -0.527. The van der Waals surface area contributed by atoms with Gasteiger partial charge in [0.2, 0.25) is 0 Å². The molecule has 0 aliphatic carbocycles. The minimum absolute atomic E-state index is 0.243. The molecule has 0 heterocycles. The first-order chi connectivity index (χ1) is 9.61. The zero-order valence-electron chi connectivity index (χ0n) is 11.8. The SMILES string of the molecule is CCC(O)c1ccccc1OCc1ccc(F)cc1C. The molecule has 2 aromatic rings. The van der Waals surface area contributed by atoms with Crippen LogP contribution in [0.25, 0.3) is 0 Å². The van der Waals surface area contributed by atoms with Crippen molar-refractivity contribution < 1.29 is 14.2 Å².